The van der Waals surface area contributed by atoms with E-state index in [2.05, 4.69) is 8.75 Å². The van der Waals surface area contributed by atoms with Gasteiger partial charge in [0, 0.05) is 6.54 Å². The minimum atomic E-state index is -4.04. The molecule has 0 saturated heterocycles. The van der Waals surface area contributed by atoms with Gasteiger partial charge in [0.25, 0.3) is 0 Å². The normalized spacial score (nSPS) is 18.2. The summed E-state index contributed by atoms with van der Waals surface area (Å²) in [5.41, 5.74) is 2.12. The first-order valence-corrected chi connectivity index (χ1v) is 9.71. The fraction of sp³-hybridized carbons (Fsp3) is 0.188. The van der Waals surface area contributed by atoms with E-state index in [4.69, 9.17) is 0 Å². The number of fused-ring (bicyclic) bond motifs is 2. The summed E-state index contributed by atoms with van der Waals surface area (Å²) in [6.07, 6.45) is 0.463. The van der Waals surface area contributed by atoms with Gasteiger partial charge in [0.2, 0.25) is 10.0 Å². The Hall–Kier alpha value is -2.36. The molecule has 1 aliphatic heterocycles. The quantitative estimate of drug-likeness (QED) is 0.752. The van der Waals surface area contributed by atoms with Crippen LogP contribution in [0.4, 0.5) is 0 Å². The number of carboxylic acids is 1. The first kappa shape index (κ1) is 16.1. The van der Waals surface area contributed by atoms with Crippen molar-refractivity contribution in [1.29, 1.82) is 0 Å². The number of rotatable bonds is 3. The number of benzene rings is 2. The summed E-state index contributed by atoms with van der Waals surface area (Å²) in [4.78, 5) is 11.9. The Morgan fingerprint density at radius 1 is 1.16 bits per heavy atom. The van der Waals surface area contributed by atoms with Crippen LogP contribution >= 0.6 is 11.7 Å². The molecule has 1 N–H and O–H groups in total. The molecule has 0 unspecified atom stereocenters. The van der Waals surface area contributed by atoms with Crippen LogP contribution in [0, 0.1) is 0 Å². The van der Waals surface area contributed by atoms with E-state index >= 15 is 0 Å². The molecule has 7 nitrogen and oxygen atoms in total. The third-order valence-electron chi connectivity index (χ3n) is 4.31. The van der Waals surface area contributed by atoms with E-state index in [0.29, 0.717) is 17.5 Å². The number of hydrogen-bond donors (Lipinski definition) is 1. The summed E-state index contributed by atoms with van der Waals surface area (Å²) < 4.78 is 35.6. The van der Waals surface area contributed by atoms with Gasteiger partial charge in [-0.25, -0.2) is 8.42 Å². The molecule has 128 valence electrons. The fourth-order valence-corrected chi connectivity index (χ4v) is 5.49. The lowest BCUT2D eigenvalue weighted by molar-refractivity contribution is -0.142. The summed E-state index contributed by atoms with van der Waals surface area (Å²) in [5, 5.41) is 9.71. The van der Waals surface area contributed by atoms with Crippen molar-refractivity contribution >= 4 is 38.8 Å². The number of aliphatic carboxylic acids is 1. The molecule has 2 aromatic carbocycles. The maximum atomic E-state index is 13.2. The van der Waals surface area contributed by atoms with E-state index < -0.39 is 22.0 Å². The lowest BCUT2D eigenvalue weighted by Crippen LogP contribution is -2.43. The van der Waals surface area contributed by atoms with Gasteiger partial charge in [-0.3, -0.25) is 4.79 Å². The molecular formula is C16H13N3O4S2. The van der Waals surface area contributed by atoms with Crippen molar-refractivity contribution in [2.75, 3.05) is 6.54 Å². The molecular weight excluding hydrogens is 362 g/mol. The van der Waals surface area contributed by atoms with Gasteiger partial charge >= 0.3 is 5.97 Å². The predicted octanol–water partition coefficient (Wildman–Crippen LogP) is 2.06. The van der Waals surface area contributed by atoms with Crippen molar-refractivity contribution in [3.8, 4) is 0 Å². The van der Waals surface area contributed by atoms with E-state index in [1.54, 1.807) is 24.3 Å². The van der Waals surface area contributed by atoms with Crippen molar-refractivity contribution in [3.05, 3.63) is 53.6 Å². The Kier molecular flexibility index (Phi) is 3.78. The van der Waals surface area contributed by atoms with Crippen LogP contribution in [0.25, 0.3) is 11.0 Å². The zero-order valence-electron chi connectivity index (χ0n) is 12.9. The van der Waals surface area contributed by atoms with Gasteiger partial charge in [-0.15, -0.1) is 0 Å². The zero-order valence-corrected chi connectivity index (χ0v) is 14.5. The maximum absolute atomic E-state index is 13.2. The van der Waals surface area contributed by atoms with E-state index in [1.165, 1.54) is 6.07 Å². The second-order valence-electron chi connectivity index (χ2n) is 5.69. The average molecular weight is 375 g/mol. The van der Waals surface area contributed by atoms with Crippen molar-refractivity contribution in [2.24, 2.45) is 0 Å². The van der Waals surface area contributed by atoms with Gasteiger partial charge in [0.1, 0.15) is 22.0 Å². The van der Waals surface area contributed by atoms with E-state index in [1.807, 2.05) is 12.1 Å². The smallest absolute Gasteiger partial charge is 0.326 e. The Labute approximate surface area is 147 Å². The molecule has 0 amide bonds. The zero-order chi connectivity index (χ0) is 17.6. The van der Waals surface area contributed by atoms with Crippen LogP contribution in [-0.4, -0.2) is 39.1 Å². The number of carboxylic acid groups (broad SMARTS) is 1. The van der Waals surface area contributed by atoms with Crippen molar-refractivity contribution in [1.82, 2.24) is 13.1 Å². The van der Waals surface area contributed by atoms with Crippen LogP contribution in [0.3, 0.4) is 0 Å². The van der Waals surface area contributed by atoms with E-state index in [9.17, 15) is 18.3 Å². The highest BCUT2D eigenvalue weighted by Crippen LogP contribution is 2.35. The van der Waals surface area contributed by atoms with Crippen LogP contribution < -0.4 is 0 Å². The van der Waals surface area contributed by atoms with Crippen molar-refractivity contribution in [3.63, 3.8) is 0 Å². The molecule has 4 rings (SSSR count). The minimum absolute atomic E-state index is 0.00983. The number of carbonyl (C=O) groups is 1. The summed E-state index contributed by atoms with van der Waals surface area (Å²) in [6, 6.07) is 10.5. The highest BCUT2D eigenvalue weighted by molar-refractivity contribution is 7.89. The van der Waals surface area contributed by atoms with Crippen LogP contribution in [0.5, 0.6) is 0 Å². The molecule has 3 aromatic rings. The molecule has 9 heteroatoms. The van der Waals surface area contributed by atoms with Gasteiger partial charge < -0.3 is 5.11 Å². The molecule has 1 aliphatic rings. The van der Waals surface area contributed by atoms with Gasteiger partial charge in [-0.05, 0) is 29.7 Å². The molecule has 2 heterocycles. The number of hydrogen-bond acceptors (Lipinski definition) is 6. The van der Waals surface area contributed by atoms with Gasteiger partial charge in [-0.1, -0.05) is 30.3 Å². The Bertz CT molecular complexity index is 1080. The molecule has 0 spiro atoms. The SMILES string of the molecule is O=C(O)[C@H]1c2ccccc2CCN1S(=O)(=O)c1cccc2nsnc12. The monoisotopic (exact) mass is 375 g/mol. The molecule has 0 bridgehead atoms. The molecule has 0 aliphatic carbocycles. The lowest BCUT2D eigenvalue weighted by atomic mass is 9.94. The predicted molar refractivity (Wildman–Crippen MR) is 91.8 cm³/mol. The van der Waals surface area contributed by atoms with E-state index in [-0.39, 0.29) is 17.0 Å². The third-order valence-corrected chi connectivity index (χ3v) is 6.75. The first-order chi connectivity index (χ1) is 12.0. The Morgan fingerprint density at radius 2 is 1.96 bits per heavy atom. The Morgan fingerprint density at radius 3 is 2.76 bits per heavy atom. The topological polar surface area (TPSA) is 100 Å². The van der Waals surface area contributed by atoms with Crippen LogP contribution in [0.1, 0.15) is 17.2 Å². The molecule has 0 fully saturated rings. The standard InChI is InChI=1S/C16H13N3O4S2/c20-16(21)15-11-5-2-1-4-10(11)8-9-19(15)25(22,23)13-7-3-6-12-14(13)18-24-17-12/h1-7,15H,8-9H2,(H,20,21)/t15-/m1/s1. The van der Waals surface area contributed by atoms with E-state index in [0.717, 1.165) is 21.6 Å². The van der Waals surface area contributed by atoms with Crippen molar-refractivity contribution in [2.45, 2.75) is 17.4 Å². The maximum Gasteiger partial charge on any atom is 0.326 e. The number of nitrogens with zero attached hydrogens (tertiary/aromatic N) is 3. The average Bonchev–Trinajstić information content (AvgIpc) is 3.09. The largest absolute Gasteiger partial charge is 0.480 e. The second-order valence-corrected chi connectivity index (χ2v) is 8.08. The highest BCUT2D eigenvalue weighted by Gasteiger charge is 2.41. The first-order valence-electron chi connectivity index (χ1n) is 7.54. The van der Waals surface area contributed by atoms with Gasteiger partial charge in [0.05, 0.1) is 11.7 Å². The molecule has 0 saturated carbocycles. The summed E-state index contributed by atoms with van der Waals surface area (Å²) in [7, 11) is -4.04. The highest BCUT2D eigenvalue weighted by atomic mass is 32.2. The summed E-state index contributed by atoms with van der Waals surface area (Å²) in [5.74, 6) is -1.20. The van der Waals surface area contributed by atoms with Crippen LogP contribution in [-0.2, 0) is 21.2 Å². The molecule has 0 radical (unpaired) electrons. The van der Waals surface area contributed by atoms with Gasteiger partial charge in [0.15, 0.2) is 0 Å². The lowest BCUT2D eigenvalue weighted by Gasteiger charge is -2.33. The molecule has 1 atom stereocenters. The van der Waals surface area contributed by atoms with Crippen LogP contribution in [0.2, 0.25) is 0 Å². The minimum Gasteiger partial charge on any atom is -0.480 e. The summed E-state index contributed by atoms with van der Waals surface area (Å²) >= 11 is 0.926. The molecule has 1 aromatic heterocycles. The number of aromatic nitrogens is 2. The van der Waals surface area contributed by atoms with Gasteiger partial charge in [-0.2, -0.15) is 13.1 Å². The fourth-order valence-electron chi connectivity index (χ4n) is 3.17. The Balaban J connectivity index is 1.88. The van der Waals surface area contributed by atoms with Crippen LogP contribution in [0.15, 0.2) is 47.4 Å². The number of sulfonamides is 1. The molecule has 25 heavy (non-hydrogen) atoms. The second kappa shape index (κ2) is 5.87. The third kappa shape index (κ3) is 2.51. The van der Waals surface area contributed by atoms with Crippen molar-refractivity contribution < 1.29 is 18.3 Å². The summed E-state index contributed by atoms with van der Waals surface area (Å²) in [6.45, 7) is 0.101.